The van der Waals surface area contributed by atoms with Crippen LogP contribution in [0, 0.1) is 11.7 Å². The Morgan fingerprint density at radius 1 is 1.40 bits per heavy atom. The highest BCUT2D eigenvalue weighted by molar-refractivity contribution is 6.30. The first-order valence-electron chi connectivity index (χ1n) is 6.71. The third-order valence-corrected chi connectivity index (χ3v) is 3.28. The zero-order chi connectivity index (χ0) is 14.5. The van der Waals surface area contributed by atoms with E-state index < -0.39 is 0 Å². The molecular weight excluding hydrogens is 277 g/mol. The number of aromatic nitrogens is 2. The Morgan fingerprint density at radius 2 is 2.20 bits per heavy atom. The fraction of sp³-hybridized carbons (Fsp3) is 0.400. The number of nitrogens with one attached hydrogen (secondary N) is 1. The van der Waals surface area contributed by atoms with Crippen molar-refractivity contribution in [1.82, 2.24) is 14.9 Å². The summed E-state index contributed by atoms with van der Waals surface area (Å²) in [6.07, 6.45) is 3.66. The Labute approximate surface area is 123 Å². The van der Waals surface area contributed by atoms with Crippen LogP contribution in [0.4, 0.5) is 4.39 Å². The summed E-state index contributed by atoms with van der Waals surface area (Å²) in [4.78, 5) is 4.33. The molecule has 0 spiro atoms. The molecule has 0 amide bonds. The van der Waals surface area contributed by atoms with Crippen LogP contribution in [0.15, 0.2) is 30.6 Å². The monoisotopic (exact) mass is 295 g/mol. The second kappa shape index (κ2) is 6.86. The van der Waals surface area contributed by atoms with Gasteiger partial charge < -0.3 is 9.88 Å². The highest BCUT2D eigenvalue weighted by Gasteiger charge is 2.06. The third kappa shape index (κ3) is 4.05. The van der Waals surface area contributed by atoms with E-state index in [2.05, 4.69) is 24.1 Å². The van der Waals surface area contributed by atoms with E-state index in [-0.39, 0.29) is 10.8 Å². The van der Waals surface area contributed by atoms with Crippen molar-refractivity contribution < 1.29 is 4.39 Å². The molecule has 0 saturated carbocycles. The minimum absolute atomic E-state index is 0.151. The number of hydrogen-bond donors (Lipinski definition) is 1. The van der Waals surface area contributed by atoms with E-state index in [1.165, 1.54) is 6.07 Å². The van der Waals surface area contributed by atoms with Gasteiger partial charge in [-0.05, 0) is 30.2 Å². The van der Waals surface area contributed by atoms with Crippen molar-refractivity contribution in [3.8, 4) is 0 Å². The van der Waals surface area contributed by atoms with Crippen molar-refractivity contribution in [2.75, 3.05) is 6.54 Å². The van der Waals surface area contributed by atoms with Crippen molar-refractivity contribution in [3.63, 3.8) is 0 Å². The predicted molar refractivity (Wildman–Crippen MR) is 79.3 cm³/mol. The SMILES string of the molecule is CC(C)CNCc1nccn1Cc1ccc(Cl)c(F)c1. The lowest BCUT2D eigenvalue weighted by atomic mass is 10.2. The fourth-order valence-corrected chi connectivity index (χ4v) is 2.08. The summed E-state index contributed by atoms with van der Waals surface area (Å²) in [5, 5.41) is 3.51. The Kier molecular flexibility index (Phi) is 5.15. The van der Waals surface area contributed by atoms with Crippen molar-refractivity contribution in [1.29, 1.82) is 0 Å². The van der Waals surface area contributed by atoms with Crippen LogP contribution < -0.4 is 5.32 Å². The number of hydrogen-bond acceptors (Lipinski definition) is 2. The van der Waals surface area contributed by atoms with Crippen molar-refractivity contribution >= 4 is 11.6 Å². The number of nitrogens with zero attached hydrogens (tertiary/aromatic N) is 2. The molecule has 0 aliphatic carbocycles. The van der Waals surface area contributed by atoms with E-state index >= 15 is 0 Å². The van der Waals surface area contributed by atoms with Crippen molar-refractivity contribution in [3.05, 3.63) is 52.8 Å². The van der Waals surface area contributed by atoms with E-state index in [1.807, 2.05) is 16.8 Å². The normalized spacial score (nSPS) is 11.2. The lowest BCUT2D eigenvalue weighted by Crippen LogP contribution is -2.21. The molecule has 1 N–H and O–H groups in total. The van der Waals surface area contributed by atoms with Gasteiger partial charge in [0.05, 0.1) is 11.6 Å². The first-order chi connectivity index (χ1) is 9.56. The smallest absolute Gasteiger partial charge is 0.142 e. The third-order valence-electron chi connectivity index (χ3n) is 2.97. The van der Waals surface area contributed by atoms with Gasteiger partial charge in [0, 0.05) is 18.9 Å². The zero-order valence-electron chi connectivity index (χ0n) is 11.7. The molecule has 108 valence electrons. The average molecular weight is 296 g/mol. The molecular formula is C15H19ClFN3. The molecule has 2 aromatic rings. The van der Waals surface area contributed by atoms with Gasteiger partial charge in [0.25, 0.3) is 0 Å². The molecule has 0 aliphatic heterocycles. The summed E-state index contributed by atoms with van der Waals surface area (Å²) >= 11 is 5.69. The Hall–Kier alpha value is -1.39. The minimum Gasteiger partial charge on any atom is -0.329 e. The maximum absolute atomic E-state index is 13.4. The summed E-state index contributed by atoms with van der Waals surface area (Å²) < 4.78 is 15.4. The molecule has 5 heteroatoms. The second-order valence-corrected chi connectivity index (χ2v) is 5.65. The Morgan fingerprint density at radius 3 is 2.90 bits per heavy atom. The van der Waals surface area contributed by atoms with Crippen molar-refractivity contribution in [2.24, 2.45) is 5.92 Å². The van der Waals surface area contributed by atoms with Crippen LogP contribution in [0.1, 0.15) is 25.2 Å². The summed E-state index contributed by atoms with van der Waals surface area (Å²) in [5.41, 5.74) is 0.870. The van der Waals surface area contributed by atoms with Gasteiger partial charge in [-0.2, -0.15) is 0 Å². The van der Waals surface area contributed by atoms with Crippen LogP contribution in [0.2, 0.25) is 5.02 Å². The average Bonchev–Trinajstić information content (AvgIpc) is 2.81. The minimum atomic E-state index is -0.385. The maximum atomic E-state index is 13.4. The van der Waals surface area contributed by atoms with E-state index in [1.54, 1.807) is 12.3 Å². The van der Waals surface area contributed by atoms with Crippen LogP contribution >= 0.6 is 11.6 Å². The standard InChI is InChI=1S/C15H19ClFN3/c1-11(2)8-18-9-15-19-5-6-20(15)10-12-3-4-13(16)14(17)7-12/h3-7,11,18H,8-10H2,1-2H3. The van der Waals surface area contributed by atoms with Gasteiger partial charge in [0.15, 0.2) is 0 Å². The van der Waals surface area contributed by atoms with E-state index in [9.17, 15) is 4.39 Å². The molecule has 0 saturated heterocycles. The van der Waals surface area contributed by atoms with E-state index in [4.69, 9.17) is 11.6 Å². The Bertz CT molecular complexity index is 566. The molecule has 1 aromatic heterocycles. The van der Waals surface area contributed by atoms with Gasteiger partial charge in [-0.15, -0.1) is 0 Å². The lowest BCUT2D eigenvalue weighted by Gasteiger charge is -2.10. The van der Waals surface area contributed by atoms with Gasteiger partial charge in [-0.1, -0.05) is 31.5 Å². The van der Waals surface area contributed by atoms with E-state index in [0.717, 1.165) is 17.9 Å². The van der Waals surface area contributed by atoms with Crippen molar-refractivity contribution in [2.45, 2.75) is 26.9 Å². The van der Waals surface area contributed by atoms with Gasteiger partial charge >= 0.3 is 0 Å². The molecule has 0 aliphatic rings. The molecule has 2 rings (SSSR count). The summed E-state index contributed by atoms with van der Waals surface area (Å²) in [6.45, 7) is 6.57. The Balaban J connectivity index is 2.02. The molecule has 1 heterocycles. The largest absolute Gasteiger partial charge is 0.329 e. The molecule has 0 bridgehead atoms. The van der Waals surface area contributed by atoms with Crippen LogP contribution in [0.3, 0.4) is 0 Å². The topological polar surface area (TPSA) is 29.9 Å². The first-order valence-corrected chi connectivity index (χ1v) is 7.08. The summed E-state index contributed by atoms with van der Waals surface area (Å²) in [7, 11) is 0. The number of imidazole rings is 1. The second-order valence-electron chi connectivity index (χ2n) is 5.24. The van der Waals surface area contributed by atoms with Crippen LogP contribution in [0.25, 0.3) is 0 Å². The molecule has 1 aromatic carbocycles. The maximum Gasteiger partial charge on any atom is 0.142 e. The van der Waals surface area contributed by atoms with Gasteiger partial charge in [-0.3, -0.25) is 0 Å². The number of rotatable bonds is 6. The summed E-state index contributed by atoms with van der Waals surface area (Å²) in [5.74, 6) is 1.16. The number of halogens is 2. The van der Waals surface area contributed by atoms with Gasteiger partial charge in [0.1, 0.15) is 11.6 Å². The molecule has 0 atom stereocenters. The number of benzene rings is 1. The van der Waals surface area contributed by atoms with Crippen LogP contribution in [-0.2, 0) is 13.1 Å². The molecule has 0 fully saturated rings. The molecule has 3 nitrogen and oxygen atoms in total. The van der Waals surface area contributed by atoms with Crippen LogP contribution in [-0.4, -0.2) is 16.1 Å². The quantitative estimate of drug-likeness (QED) is 0.884. The molecule has 20 heavy (non-hydrogen) atoms. The summed E-state index contributed by atoms with van der Waals surface area (Å²) in [6, 6.07) is 4.88. The fourth-order valence-electron chi connectivity index (χ4n) is 1.96. The van der Waals surface area contributed by atoms with Crippen LogP contribution in [0.5, 0.6) is 0 Å². The zero-order valence-corrected chi connectivity index (χ0v) is 12.5. The highest BCUT2D eigenvalue weighted by atomic mass is 35.5. The first kappa shape index (κ1) is 15.0. The van der Waals surface area contributed by atoms with E-state index in [0.29, 0.717) is 19.0 Å². The highest BCUT2D eigenvalue weighted by Crippen LogP contribution is 2.16. The lowest BCUT2D eigenvalue weighted by molar-refractivity contribution is 0.532. The predicted octanol–water partition coefficient (Wildman–Crippen LogP) is 3.47. The van der Waals surface area contributed by atoms with Gasteiger partial charge in [-0.25, -0.2) is 9.37 Å². The molecule has 0 radical (unpaired) electrons. The van der Waals surface area contributed by atoms with Gasteiger partial charge in [0.2, 0.25) is 0 Å². The molecule has 0 unspecified atom stereocenters.